The van der Waals surface area contributed by atoms with E-state index in [1.54, 1.807) is 7.11 Å². The summed E-state index contributed by atoms with van der Waals surface area (Å²) < 4.78 is 7.34. The standard InChI is InChI=1S/C15H29N3O/c1-6-13-11-14(18(8-3)17-13)15(16-7-2)12(4)9-10-19-5/h11-12,15-16H,6-10H2,1-5H3. The van der Waals surface area contributed by atoms with Gasteiger partial charge >= 0.3 is 0 Å². The molecule has 0 radical (unpaired) electrons. The molecule has 110 valence electrons. The van der Waals surface area contributed by atoms with E-state index in [1.807, 2.05) is 0 Å². The Labute approximate surface area is 117 Å². The minimum absolute atomic E-state index is 0.355. The summed E-state index contributed by atoms with van der Waals surface area (Å²) in [5.41, 5.74) is 2.49. The molecule has 0 fully saturated rings. The molecule has 19 heavy (non-hydrogen) atoms. The van der Waals surface area contributed by atoms with Crippen LogP contribution in [0.1, 0.15) is 51.5 Å². The molecule has 0 spiro atoms. The molecule has 1 heterocycles. The first kappa shape index (κ1) is 16.2. The molecular weight excluding hydrogens is 238 g/mol. The largest absolute Gasteiger partial charge is 0.385 e. The van der Waals surface area contributed by atoms with Crippen molar-refractivity contribution in [1.29, 1.82) is 0 Å². The van der Waals surface area contributed by atoms with Gasteiger partial charge in [0.05, 0.1) is 17.4 Å². The van der Waals surface area contributed by atoms with Crippen LogP contribution >= 0.6 is 0 Å². The van der Waals surface area contributed by atoms with Crippen molar-refractivity contribution < 1.29 is 4.74 Å². The van der Waals surface area contributed by atoms with Gasteiger partial charge in [-0.3, -0.25) is 4.68 Å². The van der Waals surface area contributed by atoms with Crippen molar-refractivity contribution in [2.45, 2.75) is 53.1 Å². The molecule has 0 aromatic carbocycles. The van der Waals surface area contributed by atoms with Crippen molar-refractivity contribution in [2.75, 3.05) is 20.3 Å². The van der Waals surface area contributed by atoms with Crippen LogP contribution in [0, 0.1) is 5.92 Å². The van der Waals surface area contributed by atoms with Crippen LogP contribution < -0.4 is 5.32 Å². The van der Waals surface area contributed by atoms with E-state index in [0.29, 0.717) is 12.0 Å². The van der Waals surface area contributed by atoms with Crippen molar-refractivity contribution in [1.82, 2.24) is 15.1 Å². The van der Waals surface area contributed by atoms with Gasteiger partial charge in [0.15, 0.2) is 0 Å². The number of nitrogens with one attached hydrogen (secondary N) is 1. The molecule has 4 nitrogen and oxygen atoms in total. The molecule has 2 unspecified atom stereocenters. The number of rotatable bonds is 9. The van der Waals surface area contributed by atoms with Crippen molar-refractivity contribution in [3.05, 3.63) is 17.5 Å². The second kappa shape index (κ2) is 8.33. The van der Waals surface area contributed by atoms with Crippen LogP contribution in [0.4, 0.5) is 0 Å². The molecule has 1 aromatic heterocycles. The molecule has 1 rings (SSSR count). The zero-order valence-electron chi connectivity index (χ0n) is 13.1. The second-order valence-electron chi connectivity index (χ2n) is 5.02. The van der Waals surface area contributed by atoms with Crippen LogP contribution in [0.3, 0.4) is 0 Å². The average Bonchev–Trinajstić information content (AvgIpc) is 2.85. The van der Waals surface area contributed by atoms with Crippen molar-refractivity contribution in [2.24, 2.45) is 5.92 Å². The summed E-state index contributed by atoms with van der Waals surface area (Å²) >= 11 is 0. The highest BCUT2D eigenvalue weighted by atomic mass is 16.5. The van der Waals surface area contributed by atoms with Crippen LogP contribution in [-0.2, 0) is 17.7 Å². The van der Waals surface area contributed by atoms with Gasteiger partial charge in [0.1, 0.15) is 0 Å². The van der Waals surface area contributed by atoms with E-state index < -0.39 is 0 Å². The molecule has 0 saturated heterocycles. The summed E-state index contributed by atoms with van der Waals surface area (Å²) in [5, 5.41) is 8.26. The molecule has 0 saturated carbocycles. The highest BCUT2D eigenvalue weighted by molar-refractivity contribution is 5.15. The topological polar surface area (TPSA) is 39.1 Å². The number of aryl methyl sites for hydroxylation is 2. The minimum Gasteiger partial charge on any atom is -0.385 e. The van der Waals surface area contributed by atoms with Crippen LogP contribution in [0.5, 0.6) is 0 Å². The predicted octanol–water partition coefficient (Wildman–Crippen LogP) is 2.79. The van der Waals surface area contributed by atoms with Gasteiger partial charge in [0, 0.05) is 20.3 Å². The fourth-order valence-corrected chi connectivity index (χ4v) is 2.45. The fourth-order valence-electron chi connectivity index (χ4n) is 2.45. The summed E-state index contributed by atoms with van der Waals surface area (Å²) in [6.45, 7) is 11.5. The maximum atomic E-state index is 5.21. The summed E-state index contributed by atoms with van der Waals surface area (Å²) in [5.74, 6) is 0.534. The number of hydrogen-bond donors (Lipinski definition) is 1. The summed E-state index contributed by atoms with van der Waals surface area (Å²) in [7, 11) is 1.76. The zero-order chi connectivity index (χ0) is 14.3. The van der Waals surface area contributed by atoms with E-state index in [4.69, 9.17) is 4.74 Å². The lowest BCUT2D eigenvalue weighted by atomic mass is 9.95. The molecule has 1 N–H and O–H groups in total. The van der Waals surface area contributed by atoms with Gasteiger partial charge in [-0.25, -0.2) is 0 Å². The normalized spacial score (nSPS) is 14.6. The van der Waals surface area contributed by atoms with Crippen molar-refractivity contribution in [3.63, 3.8) is 0 Å². The Hall–Kier alpha value is -0.870. The maximum Gasteiger partial charge on any atom is 0.0625 e. The lowest BCUT2D eigenvalue weighted by Crippen LogP contribution is -2.29. The molecule has 2 atom stereocenters. The monoisotopic (exact) mass is 267 g/mol. The number of nitrogens with zero attached hydrogens (tertiary/aromatic N) is 2. The van der Waals surface area contributed by atoms with Gasteiger partial charge in [-0.05, 0) is 38.3 Å². The van der Waals surface area contributed by atoms with Crippen LogP contribution in [0.15, 0.2) is 6.07 Å². The summed E-state index contributed by atoms with van der Waals surface area (Å²) in [6, 6.07) is 2.60. The average molecular weight is 267 g/mol. The van der Waals surface area contributed by atoms with Gasteiger partial charge < -0.3 is 10.1 Å². The Morgan fingerprint density at radius 1 is 1.37 bits per heavy atom. The lowest BCUT2D eigenvalue weighted by Gasteiger charge is -2.25. The van der Waals surface area contributed by atoms with E-state index >= 15 is 0 Å². The zero-order valence-corrected chi connectivity index (χ0v) is 13.1. The van der Waals surface area contributed by atoms with Crippen molar-refractivity contribution in [3.8, 4) is 0 Å². The minimum atomic E-state index is 0.355. The first-order valence-corrected chi connectivity index (χ1v) is 7.46. The summed E-state index contributed by atoms with van der Waals surface area (Å²) in [4.78, 5) is 0. The first-order valence-electron chi connectivity index (χ1n) is 7.46. The molecular formula is C15H29N3O. The second-order valence-corrected chi connectivity index (χ2v) is 5.02. The van der Waals surface area contributed by atoms with Crippen LogP contribution in [0.25, 0.3) is 0 Å². The maximum absolute atomic E-state index is 5.21. The Morgan fingerprint density at radius 2 is 2.11 bits per heavy atom. The molecule has 0 bridgehead atoms. The summed E-state index contributed by atoms with van der Waals surface area (Å²) in [6.07, 6.45) is 2.05. The SMILES string of the molecule is CCNC(c1cc(CC)nn1CC)C(C)CCOC. The Balaban J connectivity index is 2.93. The van der Waals surface area contributed by atoms with Gasteiger partial charge in [-0.1, -0.05) is 20.8 Å². The molecule has 0 aliphatic carbocycles. The predicted molar refractivity (Wildman–Crippen MR) is 79.4 cm³/mol. The number of ether oxygens (including phenoxy) is 1. The highest BCUT2D eigenvalue weighted by Gasteiger charge is 2.22. The van der Waals surface area contributed by atoms with E-state index in [2.05, 4.69) is 48.9 Å². The van der Waals surface area contributed by atoms with Gasteiger partial charge in [0.25, 0.3) is 0 Å². The fraction of sp³-hybridized carbons (Fsp3) is 0.800. The Kier molecular flexibility index (Phi) is 7.10. The van der Waals surface area contributed by atoms with Gasteiger partial charge in [-0.2, -0.15) is 5.10 Å². The quantitative estimate of drug-likeness (QED) is 0.748. The van der Waals surface area contributed by atoms with Crippen molar-refractivity contribution >= 4 is 0 Å². The third kappa shape index (κ3) is 4.32. The third-order valence-electron chi connectivity index (χ3n) is 3.61. The van der Waals surface area contributed by atoms with Crippen LogP contribution in [-0.4, -0.2) is 30.0 Å². The number of hydrogen-bond acceptors (Lipinski definition) is 3. The van der Waals surface area contributed by atoms with Crippen LogP contribution in [0.2, 0.25) is 0 Å². The van der Waals surface area contributed by atoms with E-state index in [1.165, 1.54) is 11.4 Å². The van der Waals surface area contributed by atoms with E-state index in [-0.39, 0.29) is 0 Å². The van der Waals surface area contributed by atoms with E-state index in [9.17, 15) is 0 Å². The van der Waals surface area contributed by atoms with Gasteiger partial charge in [0.2, 0.25) is 0 Å². The molecule has 0 aliphatic heterocycles. The van der Waals surface area contributed by atoms with Gasteiger partial charge in [-0.15, -0.1) is 0 Å². The Morgan fingerprint density at radius 3 is 2.63 bits per heavy atom. The molecule has 0 aliphatic rings. The van der Waals surface area contributed by atoms with E-state index in [0.717, 1.165) is 32.5 Å². The molecule has 1 aromatic rings. The molecule has 0 amide bonds. The highest BCUT2D eigenvalue weighted by Crippen LogP contribution is 2.25. The smallest absolute Gasteiger partial charge is 0.0625 e. The lowest BCUT2D eigenvalue weighted by molar-refractivity contribution is 0.169. The number of aromatic nitrogens is 2. The number of methoxy groups -OCH3 is 1. The Bertz CT molecular complexity index is 362. The first-order chi connectivity index (χ1) is 9.17. The molecule has 4 heteroatoms. The third-order valence-corrected chi connectivity index (χ3v) is 3.61.